The van der Waals surface area contributed by atoms with Gasteiger partial charge in [0.2, 0.25) is 0 Å². The van der Waals surface area contributed by atoms with Crippen LogP contribution in [0.2, 0.25) is 0 Å². The van der Waals surface area contributed by atoms with Crippen molar-refractivity contribution in [3.63, 3.8) is 0 Å². The Morgan fingerprint density at radius 1 is 1.00 bits per heavy atom. The van der Waals surface area contributed by atoms with Gasteiger partial charge in [-0.15, -0.1) is 0 Å². The summed E-state index contributed by atoms with van der Waals surface area (Å²) in [5.41, 5.74) is 2.69. The molecular formula is C14H11. The molecule has 1 aromatic carbocycles. The van der Waals surface area contributed by atoms with Crippen molar-refractivity contribution >= 4 is 24.3 Å². The lowest BCUT2D eigenvalue weighted by atomic mass is 9.95. The maximum absolute atomic E-state index is 3.38. The first-order chi connectivity index (χ1) is 6.95. The summed E-state index contributed by atoms with van der Waals surface area (Å²) in [6.45, 7) is 0. The molecule has 0 unspecified atom stereocenters. The Morgan fingerprint density at radius 2 is 1.93 bits per heavy atom. The molecule has 1 aromatic rings. The van der Waals surface area contributed by atoms with E-state index in [1.54, 1.807) is 0 Å². The van der Waals surface area contributed by atoms with Gasteiger partial charge >= 0.3 is 0 Å². The van der Waals surface area contributed by atoms with E-state index in [0.29, 0.717) is 0 Å². The maximum atomic E-state index is 3.38. The number of benzene rings is 1. The van der Waals surface area contributed by atoms with Crippen molar-refractivity contribution in [1.29, 1.82) is 0 Å². The van der Waals surface area contributed by atoms with Crippen LogP contribution in [0, 0.1) is 0 Å². The topological polar surface area (TPSA) is 0 Å². The van der Waals surface area contributed by atoms with Gasteiger partial charge in [0.15, 0.2) is 0 Å². The molecule has 1 radical (unpaired) electrons. The van der Waals surface area contributed by atoms with Gasteiger partial charge in [-0.3, -0.25) is 0 Å². The highest BCUT2D eigenvalue weighted by Crippen LogP contribution is 2.11. The summed E-state index contributed by atoms with van der Waals surface area (Å²) in [7, 11) is 0. The van der Waals surface area contributed by atoms with Crippen LogP contribution in [-0.4, -0.2) is 0 Å². The molecule has 0 nitrogen and oxygen atoms in total. The Balaban J connectivity index is 2.45. The van der Waals surface area contributed by atoms with Crippen molar-refractivity contribution in [3.8, 4) is 0 Å². The molecule has 0 bridgehead atoms. The molecule has 2 aliphatic carbocycles. The Kier molecular flexibility index (Phi) is 1.66. The van der Waals surface area contributed by atoms with Gasteiger partial charge in [0.25, 0.3) is 0 Å². The van der Waals surface area contributed by atoms with Gasteiger partial charge in [-0.1, -0.05) is 42.5 Å². The second-order valence-electron chi connectivity index (χ2n) is 3.66. The van der Waals surface area contributed by atoms with Crippen molar-refractivity contribution in [1.82, 2.24) is 0 Å². The van der Waals surface area contributed by atoms with Crippen LogP contribution in [0.15, 0.2) is 24.3 Å². The first-order valence-electron chi connectivity index (χ1n) is 5.02. The van der Waals surface area contributed by atoms with Crippen molar-refractivity contribution in [2.75, 3.05) is 0 Å². The molecule has 0 saturated heterocycles. The number of rotatable bonds is 0. The molecule has 3 rings (SSSR count). The van der Waals surface area contributed by atoms with Crippen LogP contribution in [0.3, 0.4) is 0 Å². The highest BCUT2D eigenvalue weighted by Gasteiger charge is 2.04. The van der Waals surface area contributed by atoms with Gasteiger partial charge in [0, 0.05) is 0 Å². The molecule has 0 aliphatic heterocycles. The third-order valence-corrected chi connectivity index (χ3v) is 2.77. The van der Waals surface area contributed by atoms with E-state index in [0.717, 1.165) is 12.8 Å². The van der Waals surface area contributed by atoms with E-state index >= 15 is 0 Å². The van der Waals surface area contributed by atoms with Crippen molar-refractivity contribution in [3.05, 3.63) is 45.8 Å². The van der Waals surface area contributed by atoms with Crippen LogP contribution in [0.1, 0.15) is 24.0 Å². The van der Waals surface area contributed by atoms with Gasteiger partial charge in [0.1, 0.15) is 0 Å². The van der Waals surface area contributed by atoms with Gasteiger partial charge < -0.3 is 0 Å². The number of fused-ring (bicyclic) bond motifs is 3. The predicted molar refractivity (Wildman–Crippen MR) is 60.9 cm³/mol. The smallest absolute Gasteiger partial charge is 0.00849 e. The molecule has 67 valence electrons. The number of hydrogen-bond acceptors (Lipinski definition) is 0. The van der Waals surface area contributed by atoms with E-state index < -0.39 is 0 Å². The van der Waals surface area contributed by atoms with Crippen LogP contribution in [0.4, 0.5) is 0 Å². The minimum absolute atomic E-state index is 0.944. The molecule has 0 saturated carbocycles. The number of allylic oxidation sites excluding steroid dienone is 2. The molecule has 0 atom stereocenters. The second-order valence-corrected chi connectivity index (χ2v) is 3.66. The van der Waals surface area contributed by atoms with E-state index in [1.165, 1.54) is 21.6 Å². The zero-order valence-electron chi connectivity index (χ0n) is 7.96. The molecule has 0 spiro atoms. The van der Waals surface area contributed by atoms with E-state index in [1.807, 2.05) is 0 Å². The largest absolute Gasteiger partial charge is 0.0801 e. The Bertz CT molecular complexity index is 491. The molecule has 0 aromatic heterocycles. The summed E-state index contributed by atoms with van der Waals surface area (Å²) in [6.07, 6.45) is 16.5. The molecule has 0 heterocycles. The summed E-state index contributed by atoms with van der Waals surface area (Å²) in [6, 6.07) is 4.37. The molecule has 14 heavy (non-hydrogen) atoms. The first-order valence-corrected chi connectivity index (χ1v) is 5.02. The lowest BCUT2D eigenvalue weighted by molar-refractivity contribution is 1.35. The van der Waals surface area contributed by atoms with Crippen LogP contribution in [0.5, 0.6) is 0 Å². The maximum Gasteiger partial charge on any atom is -0.00849 e. The fraction of sp³-hybridized carbons (Fsp3) is 0.143. The summed E-state index contributed by atoms with van der Waals surface area (Å²) < 4.78 is 0. The Hall–Kier alpha value is -1.56. The summed E-state index contributed by atoms with van der Waals surface area (Å²) in [4.78, 5) is 0. The average Bonchev–Trinajstić information content (AvgIpc) is 2.29. The minimum Gasteiger partial charge on any atom is -0.0801 e. The fourth-order valence-corrected chi connectivity index (χ4v) is 2.08. The second kappa shape index (κ2) is 2.98. The first kappa shape index (κ1) is 7.81. The van der Waals surface area contributed by atoms with E-state index in [-0.39, 0.29) is 0 Å². The minimum atomic E-state index is 0.944. The molecule has 0 N–H and O–H groups in total. The average molecular weight is 179 g/mol. The monoisotopic (exact) mass is 179 g/mol. The number of hydrogen-bond donors (Lipinski definition) is 0. The molecule has 2 aliphatic rings. The van der Waals surface area contributed by atoms with Crippen molar-refractivity contribution in [2.24, 2.45) is 0 Å². The summed E-state index contributed by atoms with van der Waals surface area (Å²) in [5.74, 6) is 0. The van der Waals surface area contributed by atoms with Crippen LogP contribution in [0.25, 0.3) is 24.3 Å². The zero-order chi connectivity index (χ0) is 9.38. The fourth-order valence-electron chi connectivity index (χ4n) is 2.08. The third-order valence-electron chi connectivity index (χ3n) is 2.77. The SMILES string of the molecule is [C]1=c2ccc3c(c2C=CC1)C=CCC=3. The van der Waals surface area contributed by atoms with Crippen LogP contribution < -0.4 is 10.4 Å². The van der Waals surface area contributed by atoms with Gasteiger partial charge in [-0.25, -0.2) is 0 Å². The predicted octanol–water partition coefficient (Wildman–Crippen LogP) is 1.96. The van der Waals surface area contributed by atoms with Gasteiger partial charge in [0.05, 0.1) is 0 Å². The molecule has 0 heteroatoms. The summed E-state index contributed by atoms with van der Waals surface area (Å²) in [5, 5.41) is 2.62. The highest BCUT2D eigenvalue weighted by molar-refractivity contribution is 5.71. The lowest BCUT2D eigenvalue weighted by Gasteiger charge is -2.09. The normalized spacial score (nSPS) is 16.6. The zero-order valence-corrected chi connectivity index (χ0v) is 7.96. The quantitative estimate of drug-likeness (QED) is 0.571. The van der Waals surface area contributed by atoms with Crippen molar-refractivity contribution in [2.45, 2.75) is 12.8 Å². The van der Waals surface area contributed by atoms with Crippen LogP contribution in [-0.2, 0) is 0 Å². The molecule has 0 fully saturated rings. The lowest BCUT2D eigenvalue weighted by Crippen LogP contribution is -2.19. The van der Waals surface area contributed by atoms with Crippen molar-refractivity contribution < 1.29 is 0 Å². The van der Waals surface area contributed by atoms with Gasteiger partial charge in [-0.05, 0) is 40.5 Å². The Morgan fingerprint density at radius 3 is 2.93 bits per heavy atom. The highest BCUT2D eigenvalue weighted by atomic mass is 14.1. The van der Waals surface area contributed by atoms with Crippen LogP contribution >= 0.6 is 0 Å². The van der Waals surface area contributed by atoms with E-state index in [4.69, 9.17) is 0 Å². The summed E-state index contributed by atoms with van der Waals surface area (Å²) >= 11 is 0. The molecular weight excluding hydrogens is 168 g/mol. The standard InChI is InChI=1S/C14H11/c1-3-7-13-11(5-1)9-10-12-6-2-4-8-14(12)13/h3-5,7-10H,1-2H2. The Labute approximate surface area is 83.6 Å². The van der Waals surface area contributed by atoms with Gasteiger partial charge in [-0.2, -0.15) is 0 Å². The van der Waals surface area contributed by atoms with E-state index in [9.17, 15) is 0 Å². The third kappa shape index (κ3) is 1.07. The molecule has 0 amide bonds. The van der Waals surface area contributed by atoms with E-state index in [2.05, 4.69) is 48.6 Å².